The largest absolute Gasteiger partial charge is 0.454 e. The molecule has 1 aromatic heterocycles. The minimum absolute atomic E-state index is 0.199. The van der Waals surface area contributed by atoms with Gasteiger partial charge in [-0.25, -0.2) is 4.39 Å². The molecule has 2 amide bonds. The lowest BCUT2D eigenvalue weighted by atomic mass is 10.2. The number of nitriles is 1. The molecule has 0 aliphatic rings. The van der Waals surface area contributed by atoms with E-state index in [2.05, 4.69) is 10.6 Å². The number of hydrogen-bond donors (Lipinski definition) is 2. The van der Waals surface area contributed by atoms with E-state index in [1.165, 1.54) is 18.2 Å². The molecule has 1 heterocycles. The van der Waals surface area contributed by atoms with E-state index in [-0.39, 0.29) is 5.56 Å². The molecule has 25 heavy (non-hydrogen) atoms. The number of carbonyl (C=O) groups is 3. The summed E-state index contributed by atoms with van der Waals surface area (Å²) in [6.07, 6.45) is 0. The summed E-state index contributed by atoms with van der Waals surface area (Å²) in [6.45, 7) is -1.08. The van der Waals surface area contributed by atoms with E-state index in [0.29, 0.717) is 10.6 Å². The van der Waals surface area contributed by atoms with Crippen molar-refractivity contribution in [3.63, 3.8) is 0 Å². The number of benzene rings is 1. The molecule has 0 radical (unpaired) electrons. The van der Waals surface area contributed by atoms with Gasteiger partial charge in [0, 0.05) is 0 Å². The Balaban J connectivity index is 1.75. The summed E-state index contributed by atoms with van der Waals surface area (Å²) in [4.78, 5) is 34.9. The van der Waals surface area contributed by atoms with Gasteiger partial charge >= 0.3 is 5.97 Å². The number of nitrogens with zero attached hydrogens (tertiary/aromatic N) is 1. The van der Waals surface area contributed by atoms with Crippen LogP contribution in [0.5, 0.6) is 0 Å². The minimum Gasteiger partial charge on any atom is -0.454 e. The fraction of sp³-hybridized carbons (Fsp3) is 0.125. The Labute approximate surface area is 146 Å². The van der Waals surface area contributed by atoms with Crippen LogP contribution in [-0.2, 0) is 14.3 Å². The minimum atomic E-state index is -0.855. The van der Waals surface area contributed by atoms with Gasteiger partial charge in [0.1, 0.15) is 23.4 Å². The van der Waals surface area contributed by atoms with Gasteiger partial charge in [-0.1, -0.05) is 12.1 Å². The molecule has 1 aromatic carbocycles. The number of anilines is 1. The summed E-state index contributed by atoms with van der Waals surface area (Å²) < 4.78 is 18.1. The Morgan fingerprint density at radius 1 is 1.24 bits per heavy atom. The van der Waals surface area contributed by atoms with Crippen molar-refractivity contribution in [1.82, 2.24) is 5.32 Å². The Bertz CT molecular complexity index is 844. The number of esters is 1. The Kier molecular flexibility index (Phi) is 6.20. The number of ether oxygens (including phenoxy) is 1. The molecule has 0 unspecified atom stereocenters. The quantitative estimate of drug-likeness (QED) is 0.761. The van der Waals surface area contributed by atoms with Crippen molar-refractivity contribution in [2.45, 2.75) is 0 Å². The smallest absolute Gasteiger partial charge is 0.325 e. The molecule has 7 nitrogen and oxygen atoms in total. The number of nitrogens with one attached hydrogen (secondary N) is 2. The summed E-state index contributed by atoms with van der Waals surface area (Å²) in [5.74, 6) is -2.95. The van der Waals surface area contributed by atoms with Gasteiger partial charge < -0.3 is 15.4 Å². The standard InChI is InChI=1S/C16H12FN3O4S/c17-12-4-2-1-3-11(12)15(23)19-8-14(22)24-9-13(21)20-16-10(7-18)5-6-25-16/h1-6H,8-9H2,(H,19,23)(H,20,21). The number of carbonyl (C=O) groups excluding carboxylic acids is 3. The van der Waals surface area contributed by atoms with Gasteiger partial charge in [-0.15, -0.1) is 11.3 Å². The molecular formula is C16H12FN3O4S. The van der Waals surface area contributed by atoms with Crippen LogP contribution in [0.3, 0.4) is 0 Å². The fourth-order valence-corrected chi connectivity index (χ4v) is 2.50. The fourth-order valence-electron chi connectivity index (χ4n) is 1.75. The second-order valence-electron chi connectivity index (χ2n) is 4.65. The molecule has 2 N–H and O–H groups in total. The van der Waals surface area contributed by atoms with Gasteiger partial charge in [0.2, 0.25) is 0 Å². The molecule has 0 aliphatic heterocycles. The maximum Gasteiger partial charge on any atom is 0.325 e. The van der Waals surface area contributed by atoms with Crippen LogP contribution in [0.2, 0.25) is 0 Å². The molecule has 0 saturated heterocycles. The second kappa shape index (κ2) is 8.56. The van der Waals surface area contributed by atoms with E-state index >= 15 is 0 Å². The van der Waals surface area contributed by atoms with Crippen molar-refractivity contribution >= 4 is 34.1 Å². The van der Waals surface area contributed by atoms with E-state index in [9.17, 15) is 18.8 Å². The van der Waals surface area contributed by atoms with Crippen LogP contribution < -0.4 is 10.6 Å². The lowest BCUT2D eigenvalue weighted by Crippen LogP contribution is -2.32. The van der Waals surface area contributed by atoms with Gasteiger partial charge in [0.05, 0.1) is 11.1 Å². The molecule has 128 valence electrons. The van der Waals surface area contributed by atoms with Crippen molar-refractivity contribution in [3.8, 4) is 6.07 Å². The lowest BCUT2D eigenvalue weighted by Gasteiger charge is -2.07. The SMILES string of the molecule is N#Cc1ccsc1NC(=O)COC(=O)CNC(=O)c1ccccc1F. The third-order valence-corrected chi connectivity index (χ3v) is 3.74. The van der Waals surface area contributed by atoms with E-state index in [1.54, 1.807) is 11.4 Å². The Morgan fingerprint density at radius 2 is 2.00 bits per heavy atom. The predicted octanol–water partition coefficient (Wildman–Crippen LogP) is 1.67. The van der Waals surface area contributed by atoms with Gasteiger partial charge in [0.25, 0.3) is 11.8 Å². The second-order valence-corrected chi connectivity index (χ2v) is 5.56. The summed E-state index contributed by atoms with van der Waals surface area (Å²) in [6, 6.07) is 8.77. The van der Waals surface area contributed by atoms with Gasteiger partial charge in [-0.05, 0) is 23.6 Å². The molecule has 2 rings (SSSR count). The Hall–Kier alpha value is -3.25. The molecule has 0 bridgehead atoms. The van der Waals surface area contributed by atoms with Crippen LogP contribution in [0.15, 0.2) is 35.7 Å². The van der Waals surface area contributed by atoms with Crippen molar-refractivity contribution in [2.75, 3.05) is 18.5 Å². The highest BCUT2D eigenvalue weighted by Crippen LogP contribution is 2.21. The van der Waals surface area contributed by atoms with Crippen LogP contribution >= 0.6 is 11.3 Å². The van der Waals surface area contributed by atoms with Crippen molar-refractivity contribution in [2.24, 2.45) is 0 Å². The molecule has 0 saturated carbocycles. The van der Waals surface area contributed by atoms with Gasteiger partial charge in [-0.3, -0.25) is 14.4 Å². The van der Waals surface area contributed by atoms with Crippen LogP contribution in [0, 0.1) is 17.1 Å². The number of hydrogen-bond acceptors (Lipinski definition) is 6. The normalized spacial score (nSPS) is 9.76. The highest BCUT2D eigenvalue weighted by Gasteiger charge is 2.14. The average molecular weight is 361 g/mol. The average Bonchev–Trinajstić information content (AvgIpc) is 3.05. The maximum absolute atomic E-state index is 13.4. The van der Waals surface area contributed by atoms with Crippen molar-refractivity contribution in [3.05, 3.63) is 52.7 Å². The van der Waals surface area contributed by atoms with Crippen LogP contribution in [-0.4, -0.2) is 30.9 Å². The monoisotopic (exact) mass is 361 g/mol. The lowest BCUT2D eigenvalue weighted by molar-refractivity contribution is -0.146. The summed E-state index contributed by atoms with van der Waals surface area (Å²) >= 11 is 1.16. The zero-order valence-corrected chi connectivity index (χ0v) is 13.6. The molecular weight excluding hydrogens is 349 g/mol. The summed E-state index contributed by atoms with van der Waals surface area (Å²) in [5.41, 5.74) is 0.108. The highest BCUT2D eigenvalue weighted by atomic mass is 32.1. The predicted molar refractivity (Wildman–Crippen MR) is 87.4 cm³/mol. The molecule has 0 fully saturated rings. The van der Waals surface area contributed by atoms with Crippen LogP contribution in [0.1, 0.15) is 15.9 Å². The molecule has 9 heteroatoms. The van der Waals surface area contributed by atoms with Crippen molar-refractivity contribution in [1.29, 1.82) is 5.26 Å². The number of rotatable bonds is 6. The number of halogens is 1. The van der Waals surface area contributed by atoms with Gasteiger partial charge in [-0.2, -0.15) is 5.26 Å². The Morgan fingerprint density at radius 3 is 2.72 bits per heavy atom. The van der Waals surface area contributed by atoms with Gasteiger partial charge in [0.15, 0.2) is 6.61 Å². The number of amides is 2. The van der Waals surface area contributed by atoms with E-state index in [4.69, 9.17) is 10.00 Å². The summed E-state index contributed by atoms with van der Waals surface area (Å²) in [7, 11) is 0. The molecule has 2 aromatic rings. The van der Waals surface area contributed by atoms with E-state index in [0.717, 1.165) is 17.4 Å². The first-order chi connectivity index (χ1) is 12.0. The first kappa shape index (κ1) is 18.1. The van der Waals surface area contributed by atoms with Crippen molar-refractivity contribution < 1.29 is 23.5 Å². The summed E-state index contributed by atoms with van der Waals surface area (Å²) in [5, 5.41) is 15.5. The number of thiophene rings is 1. The highest BCUT2D eigenvalue weighted by molar-refractivity contribution is 7.14. The molecule has 0 atom stereocenters. The van der Waals surface area contributed by atoms with E-state index < -0.39 is 36.8 Å². The molecule has 0 aliphatic carbocycles. The molecule has 0 spiro atoms. The first-order valence-corrected chi connectivity index (χ1v) is 7.85. The van der Waals surface area contributed by atoms with E-state index in [1.807, 2.05) is 6.07 Å². The maximum atomic E-state index is 13.4. The first-order valence-electron chi connectivity index (χ1n) is 6.97. The zero-order chi connectivity index (χ0) is 18.2. The van der Waals surface area contributed by atoms with Crippen LogP contribution in [0.4, 0.5) is 9.39 Å². The third kappa shape index (κ3) is 5.12. The topological polar surface area (TPSA) is 108 Å². The third-order valence-electron chi connectivity index (χ3n) is 2.91. The zero-order valence-electron chi connectivity index (χ0n) is 12.7. The van der Waals surface area contributed by atoms with Crippen LogP contribution in [0.25, 0.3) is 0 Å².